The number of hydrogen-bond acceptors (Lipinski definition) is 3. The van der Waals surface area contributed by atoms with Crippen molar-refractivity contribution in [1.82, 2.24) is 15.2 Å². The second-order valence-electron chi connectivity index (χ2n) is 8.21. The lowest BCUT2D eigenvalue weighted by Gasteiger charge is -2.35. The molecule has 10 heteroatoms. The van der Waals surface area contributed by atoms with Crippen LogP contribution in [0.1, 0.15) is 48.0 Å². The standard InChI is InChI=1S/C22H21F4N3O3/c23-14-8-17(29(11-14)21(31)32)20(30)28-18(12-4-2-1-3-5-12)16-7-6-15(19(24)27-16)13-9-22(25,26)10-13/h1-7,13-14,17-18H,8-11H2,(H,28,30)(H,31,32)/t14?,17-,18?/m1/s1. The molecule has 0 bridgehead atoms. The van der Waals surface area contributed by atoms with Crippen molar-refractivity contribution in [2.75, 3.05) is 6.54 Å². The first-order valence-electron chi connectivity index (χ1n) is 10.2. The minimum atomic E-state index is -2.80. The van der Waals surface area contributed by atoms with Crippen molar-refractivity contribution in [3.63, 3.8) is 0 Å². The lowest BCUT2D eigenvalue weighted by molar-refractivity contribution is -0.125. The number of hydrogen-bond donors (Lipinski definition) is 2. The Morgan fingerprint density at radius 1 is 1.16 bits per heavy atom. The minimum absolute atomic E-state index is 0.0888. The third-order valence-electron chi connectivity index (χ3n) is 5.94. The molecule has 1 aromatic heterocycles. The van der Waals surface area contributed by atoms with Crippen molar-refractivity contribution in [3.8, 4) is 0 Å². The SMILES string of the molecule is O=C(NC(c1ccccc1)c1ccc(C2CC(F)(F)C2)c(F)n1)[C@H]1CC(F)CN1C(=O)O. The molecular formula is C22H21F4N3O3. The Morgan fingerprint density at radius 2 is 1.84 bits per heavy atom. The summed E-state index contributed by atoms with van der Waals surface area (Å²) in [6.45, 7) is -0.406. The predicted molar refractivity (Wildman–Crippen MR) is 106 cm³/mol. The smallest absolute Gasteiger partial charge is 0.408 e. The quantitative estimate of drug-likeness (QED) is 0.531. The normalized spacial score (nSPS) is 23.4. The van der Waals surface area contributed by atoms with E-state index in [0.29, 0.717) is 5.56 Å². The zero-order chi connectivity index (χ0) is 23.0. The van der Waals surface area contributed by atoms with Gasteiger partial charge in [0, 0.05) is 24.8 Å². The van der Waals surface area contributed by atoms with Gasteiger partial charge in [0.15, 0.2) is 0 Å². The van der Waals surface area contributed by atoms with Gasteiger partial charge in [-0.25, -0.2) is 22.9 Å². The molecule has 2 unspecified atom stereocenters. The first-order chi connectivity index (χ1) is 15.1. The van der Waals surface area contributed by atoms with Crippen LogP contribution in [0.15, 0.2) is 42.5 Å². The summed E-state index contributed by atoms with van der Waals surface area (Å²) in [5.41, 5.74) is 0.756. The van der Waals surface area contributed by atoms with E-state index in [-0.39, 0.29) is 17.7 Å². The van der Waals surface area contributed by atoms with Crippen molar-refractivity contribution in [3.05, 3.63) is 65.2 Å². The fourth-order valence-corrected chi connectivity index (χ4v) is 4.26. The summed E-state index contributed by atoms with van der Waals surface area (Å²) in [5.74, 6) is -5.05. The van der Waals surface area contributed by atoms with Gasteiger partial charge in [-0.05, 0) is 17.5 Å². The molecule has 0 spiro atoms. The zero-order valence-electron chi connectivity index (χ0n) is 16.8. The van der Waals surface area contributed by atoms with Crippen LogP contribution in [-0.4, -0.2) is 51.7 Å². The van der Waals surface area contributed by atoms with E-state index >= 15 is 0 Å². The number of amides is 2. The van der Waals surface area contributed by atoms with Crippen LogP contribution in [0.4, 0.5) is 22.4 Å². The lowest BCUT2D eigenvalue weighted by atomic mass is 9.77. The number of aromatic nitrogens is 1. The van der Waals surface area contributed by atoms with Crippen molar-refractivity contribution in [2.45, 2.75) is 49.4 Å². The molecule has 6 nitrogen and oxygen atoms in total. The molecule has 2 amide bonds. The summed E-state index contributed by atoms with van der Waals surface area (Å²) in [7, 11) is 0. The highest BCUT2D eigenvalue weighted by Crippen LogP contribution is 2.48. The molecule has 1 saturated carbocycles. The Hall–Kier alpha value is -3.17. The Morgan fingerprint density at radius 3 is 2.44 bits per heavy atom. The van der Waals surface area contributed by atoms with Crippen LogP contribution in [0.5, 0.6) is 0 Å². The fraction of sp³-hybridized carbons (Fsp3) is 0.409. The van der Waals surface area contributed by atoms with Gasteiger partial charge in [0.1, 0.15) is 12.2 Å². The van der Waals surface area contributed by atoms with E-state index in [4.69, 9.17) is 0 Å². The fourth-order valence-electron chi connectivity index (χ4n) is 4.26. The number of nitrogens with one attached hydrogen (secondary N) is 1. The lowest BCUT2D eigenvalue weighted by Crippen LogP contribution is -2.46. The van der Waals surface area contributed by atoms with Crippen LogP contribution in [0.3, 0.4) is 0 Å². The number of nitrogens with zero attached hydrogens (tertiary/aromatic N) is 2. The van der Waals surface area contributed by atoms with Gasteiger partial charge in [-0.2, -0.15) is 4.39 Å². The number of alkyl halides is 3. The van der Waals surface area contributed by atoms with Gasteiger partial charge < -0.3 is 10.4 Å². The van der Waals surface area contributed by atoms with E-state index in [1.54, 1.807) is 30.3 Å². The third-order valence-corrected chi connectivity index (χ3v) is 5.94. The second-order valence-corrected chi connectivity index (χ2v) is 8.21. The molecule has 2 fully saturated rings. The highest BCUT2D eigenvalue weighted by Gasteiger charge is 2.47. The summed E-state index contributed by atoms with van der Waals surface area (Å²) < 4.78 is 54.9. The monoisotopic (exact) mass is 451 g/mol. The van der Waals surface area contributed by atoms with E-state index in [9.17, 15) is 32.3 Å². The average Bonchev–Trinajstić information content (AvgIpc) is 3.13. The van der Waals surface area contributed by atoms with Crippen LogP contribution in [0.25, 0.3) is 0 Å². The molecule has 2 aliphatic rings. The van der Waals surface area contributed by atoms with Crippen molar-refractivity contribution < 1.29 is 32.3 Å². The molecule has 1 aliphatic heterocycles. The van der Waals surface area contributed by atoms with Gasteiger partial charge in [-0.1, -0.05) is 36.4 Å². The highest BCUT2D eigenvalue weighted by molar-refractivity contribution is 5.86. The molecule has 2 aromatic rings. The van der Waals surface area contributed by atoms with Gasteiger partial charge >= 0.3 is 6.09 Å². The van der Waals surface area contributed by atoms with E-state index in [0.717, 1.165) is 4.90 Å². The molecule has 3 atom stereocenters. The van der Waals surface area contributed by atoms with E-state index in [1.807, 2.05) is 0 Å². The number of likely N-dealkylation sites (tertiary alicyclic amines) is 1. The zero-order valence-corrected chi connectivity index (χ0v) is 16.8. The van der Waals surface area contributed by atoms with Crippen molar-refractivity contribution in [2.24, 2.45) is 0 Å². The number of halogens is 4. The number of carbonyl (C=O) groups excluding carboxylic acids is 1. The van der Waals surface area contributed by atoms with Gasteiger partial charge in [0.2, 0.25) is 17.8 Å². The first kappa shape index (κ1) is 22.0. The average molecular weight is 451 g/mol. The van der Waals surface area contributed by atoms with E-state index in [2.05, 4.69) is 10.3 Å². The molecule has 170 valence electrons. The summed E-state index contributed by atoms with van der Waals surface area (Å²) in [6.07, 6.45) is -4.04. The Kier molecular flexibility index (Phi) is 5.79. The molecule has 1 aliphatic carbocycles. The number of carboxylic acid groups (broad SMARTS) is 1. The van der Waals surface area contributed by atoms with Crippen LogP contribution in [-0.2, 0) is 4.79 Å². The minimum Gasteiger partial charge on any atom is -0.465 e. The second kappa shape index (κ2) is 8.40. The van der Waals surface area contributed by atoms with Gasteiger partial charge in [-0.3, -0.25) is 9.69 Å². The maximum Gasteiger partial charge on any atom is 0.408 e. The van der Waals surface area contributed by atoms with Gasteiger partial charge in [0.05, 0.1) is 18.3 Å². The molecule has 2 heterocycles. The Balaban J connectivity index is 1.60. The number of pyridine rings is 1. The Bertz CT molecular complexity index is 1010. The summed E-state index contributed by atoms with van der Waals surface area (Å²) in [4.78, 5) is 28.9. The van der Waals surface area contributed by atoms with Crippen LogP contribution in [0, 0.1) is 5.95 Å². The molecule has 0 radical (unpaired) electrons. The summed E-state index contributed by atoms with van der Waals surface area (Å²) in [5, 5.41) is 11.9. The van der Waals surface area contributed by atoms with Crippen LogP contribution >= 0.6 is 0 Å². The predicted octanol–water partition coefficient (Wildman–Crippen LogP) is 4.03. The number of rotatable bonds is 5. The molecule has 4 rings (SSSR count). The third kappa shape index (κ3) is 4.39. The first-order valence-corrected chi connectivity index (χ1v) is 10.2. The topological polar surface area (TPSA) is 82.5 Å². The summed E-state index contributed by atoms with van der Waals surface area (Å²) >= 11 is 0. The molecular weight excluding hydrogens is 430 g/mol. The molecule has 1 saturated heterocycles. The maximum absolute atomic E-state index is 14.7. The number of carbonyl (C=O) groups is 2. The largest absolute Gasteiger partial charge is 0.465 e. The van der Waals surface area contributed by atoms with Crippen molar-refractivity contribution >= 4 is 12.0 Å². The van der Waals surface area contributed by atoms with Crippen LogP contribution < -0.4 is 5.32 Å². The Labute approximate surface area is 181 Å². The molecule has 1 aromatic carbocycles. The maximum atomic E-state index is 14.7. The van der Waals surface area contributed by atoms with Gasteiger partial charge in [0.25, 0.3) is 0 Å². The summed E-state index contributed by atoms with van der Waals surface area (Å²) in [6, 6.07) is 9.16. The van der Waals surface area contributed by atoms with E-state index < -0.39 is 67.4 Å². The van der Waals surface area contributed by atoms with Gasteiger partial charge in [-0.15, -0.1) is 0 Å². The van der Waals surface area contributed by atoms with Crippen molar-refractivity contribution in [1.29, 1.82) is 0 Å². The van der Waals surface area contributed by atoms with Crippen LogP contribution in [0.2, 0.25) is 0 Å². The number of benzene rings is 1. The highest BCUT2D eigenvalue weighted by atomic mass is 19.3. The van der Waals surface area contributed by atoms with E-state index in [1.165, 1.54) is 12.1 Å². The molecule has 2 N–H and O–H groups in total. The molecule has 32 heavy (non-hydrogen) atoms.